The first-order valence-electron chi connectivity index (χ1n) is 6.39. The number of nitro groups is 1. The zero-order valence-electron chi connectivity index (χ0n) is 11.9. The number of hydrogen-bond donors (Lipinski definition) is 1. The summed E-state index contributed by atoms with van der Waals surface area (Å²) in [7, 11) is 0. The van der Waals surface area contributed by atoms with Gasteiger partial charge in [0.05, 0.1) is 10.5 Å². The van der Waals surface area contributed by atoms with Crippen LogP contribution in [0.1, 0.15) is 10.4 Å². The molecule has 0 saturated heterocycles. The monoisotopic (exact) mass is 369 g/mol. The molecule has 2 aromatic rings. The van der Waals surface area contributed by atoms with E-state index in [0.29, 0.717) is 0 Å². The van der Waals surface area contributed by atoms with E-state index >= 15 is 0 Å². The molecule has 1 amide bonds. The fourth-order valence-corrected chi connectivity index (χ4v) is 1.94. The largest absolute Gasteiger partial charge is 0.452 e. The lowest BCUT2D eigenvalue weighted by molar-refractivity contribution is -0.383. The molecule has 0 saturated carbocycles. The van der Waals surface area contributed by atoms with Crippen molar-refractivity contribution < 1.29 is 19.2 Å². The number of halogens is 2. The SMILES string of the molecule is O=C(COC(=O)c1ccc(Cl)nc1)Nc1ccc(Cl)cc1[N+](=O)[O-]. The third-order valence-corrected chi connectivity index (χ3v) is 3.19. The number of esters is 1. The molecule has 0 aliphatic rings. The Labute approximate surface area is 145 Å². The van der Waals surface area contributed by atoms with Crippen LogP contribution in [0.2, 0.25) is 10.2 Å². The van der Waals surface area contributed by atoms with Crippen LogP contribution in [0.3, 0.4) is 0 Å². The van der Waals surface area contributed by atoms with Crippen molar-refractivity contribution in [2.24, 2.45) is 0 Å². The zero-order chi connectivity index (χ0) is 17.7. The van der Waals surface area contributed by atoms with Crippen LogP contribution in [-0.2, 0) is 9.53 Å². The first-order valence-corrected chi connectivity index (χ1v) is 7.15. The van der Waals surface area contributed by atoms with Crippen LogP contribution in [-0.4, -0.2) is 28.4 Å². The zero-order valence-corrected chi connectivity index (χ0v) is 13.4. The van der Waals surface area contributed by atoms with Crippen LogP contribution in [0.4, 0.5) is 11.4 Å². The van der Waals surface area contributed by atoms with E-state index in [9.17, 15) is 19.7 Å². The number of nitrogens with one attached hydrogen (secondary N) is 1. The molecule has 0 aliphatic carbocycles. The number of hydrogen-bond acceptors (Lipinski definition) is 6. The van der Waals surface area contributed by atoms with Crippen LogP contribution >= 0.6 is 23.2 Å². The summed E-state index contributed by atoms with van der Waals surface area (Å²) in [6.07, 6.45) is 1.20. The van der Waals surface area contributed by atoms with Gasteiger partial charge in [-0.3, -0.25) is 14.9 Å². The molecular formula is C14H9Cl2N3O5. The Hall–Kier alpha value is -2.71. The summed E-state index contributed by atoms with van der Waals surface area (Å²) < 4.78 is 4.80. The minimum absolute atomic E-state index is 0.0568. The Balaban J connectivity index is 1.98. The van der Waals surface area contributed by atoms with Crippen molar-refractivity contribution in [2.45, 2.75) is 0 Å². The molecule has 1 aromatic carbocycles. The van der Waals surface area contributed by atoms with Gasteiger partial charge in [-0.15, -0.1) is 0 Å². The molecule has 0 aliphatic heterocycles. The summed E-state index contributed by atoms with van der Waals surface area (Å²) in [5.41, 5.74) is -0.313. The number of benzene rings is 1. The molecule has 1 N–H and O–H groups in total. The van der Waals surface area contributed by atoms with Crippen LogP contribution < -0.4 is 5.32 Å². The number of nitro benzene ring substituents is 1. The summed E-state index contributed by atoms with van der Waals surface area (Å²) in [5.74, 6) is -1.52. The number of amides is 1. The Morgan fingerprint density at radius 3 is 2.62 bits per heavy atom. The Morgan fingerprint density at radius 1 is 1.25 bits per heavy atom. The van der Waals surface area contributed by atoms with E-state index in [4.69, 9.17) is 27.9 Å². The maximum atomic E-state index is 11.8. The summed E-state index contributed by atoms with van der Waals surface area (Å²) in [6, 6.07) is 6.55. The molecule has 8 nitrogen and oxygen atoms in total. The Morgan fingerprint density at radius 2 is 2.00 bits per heavy atom. The van der Waals surface area contributed by atoms with Crippen molar-refractivity contribution in [3.63, 3.8) is 0 Å². The molecule has 0 bridgehead atoms. The molecular weight excluding hydrogens is 361 g/mol. The van der Waals surface area contributed by atoms with Crippen molar-refractivity contribution >= 4 is 46.5 Å². The Kier molecular flexibility index (Phi) is 5.67. The second-order valence-electron chi connectivity index (χ2n) is 4.41. The number of aromatic nitrogens is 1. The molecule has 0 atom stereocenters. The van der Waals surface area contributed by atoms with Crippen LogP contribution in [0.25, 0.3) is 0 Å². The molecule has 0 spiro atoms. The normalized spacial score (nSPS) is 10.1. The number of carbonyl (C=O) groups is 2. The molecule has 0 fully saturated rings. The second kappa shape index (κ2) is 7.71. The van der Waals surface area contributed by atoms with E-state index in [2.05, 4.69) is 10.3 Å². The van der Waals surface area contributed by atoms with E-state index in [1.807, 2.05) is 0 Å². The van der Waals surface area contributed by atoms with Crippen molar-refractivity contribution in [3.8, 4) is 0 Å². The molecule has 0 unspecified atom stereocenters. The molecule has 2 rings (SSSR count). The number of ether oxygens (including phenoxy) is 1. The van der Waals surface area contributed by atoms with Gasteiger partial charge in [0.1, 0.15) is 10.8 Å². The highest BCUT2D eigenvalue weighted by Gasteiger charge is 2.17. The van der Waals surface area contributed by atoms with Gasteiger partial charge in [0.25, 0.3) is 11.6 Å². The van der Waals surface area contributed by atoms with Gasteiger partial charge in [0.2, 0.25) is 0 Å². The number of rotatable bonds is 5. The van der Waals surface area contributed by atoms with Crippen molar-refractivity contribution in [2.75, 3.05) is 11.9 Å². The maximum absolute atomic E-state index is 11.8. The highest BCUT2D eigenvalue weighted by molar-refractivity contribution is 6.31. The topological polar surface area (TPSA) is 111 Å². The van der Waals surface area contributed by atoms with E-state index in [-0.39, 0.29) is 27.1 Å². The highest BCUT2D eigenvalue weighted by Crippen LogP contribution is 2.27. The molecule has 124 valence electrons. The van der Waals surface area contributed by atoms with Gasteiger partial charge in [0.15, 0.2) is 6.61 Å². The average molecular weight is 370 g/mol. The smallest absolute Gasteiger partial charge is 0.340 e. The lowest BCUT2D eigenvalue weighted by Gasteiger charge is -2.07. The van der Waals surface area contributed by atoms with E-state index < -0.39 is 23.4 Å². The van der Waals surface area contributed by atoms with Gasteiger partial charge < -0.3 is 10.1 Å². The average Bonchev–Trinajstić information content (AvgIpc) is 2.54. The van der Waals surface area contributed by atoms with Crippen molar-refractivity contribution in [3.05, 3.63) is 62.4 Å². The first-order chi connectivity index (χ1) is 11.4. The van der Waals surface area contributed by atoms with E-state index in [0.717, 1.165) is 6.07 Å². The summed E-state index contributed by atoms with van der Waals surface area (Å²) in [6.45, 7) is -0.624. The van der Waals surface area contributed by atoms with Gasteiger partial charge in [-0.2, -0.15) is 0 Å². The minimum atomic E-state index is -0.778. The summed E-state index contributed by atoms with van der Waals surface area (Å²) >= 11 is 11.3. The van der Waals surface area contributed by atoms with Gasteiger partial charge in [-0.1, -0.05) is 23.2 Å². The number of anilines is 1. The molecule has 1 heterocycles. The third-order valence-electron chi connectivity index (χ3n) is 2.73. The number of nitrogens with zero attached hydrogens (tertiary/aromatic N) is 2. The molecule has 0 radical (unpaired) electrons. The van der Waals surface area contributed by atoms with E-state index in [1.54, 1.807) is 0 Å². The van der Waals surface area contributed by atoms with Gasteiger partial charge in [-0.25, -0.2) is 9.78 Å². The third kappa shape index (κ3) is 4.64. The minimum Gasteiger partial charge on any atom is -0.452 e. The van der Waals surface area contributed by atoms with Gasteiger partial charge >= 0.3 is 5.97 Å². The molecule has 10 heteroatoms. The second-order valence-corrected chi connectivity index (χ2v) is 5.24. The van der Waals surface area contributed by atoms with E-state index in [1.165, 1.54) is 30.5 Å². The quantitative estimate of drug-likeness (QED) is 0.375. The predicted molar refractivity (Wildman–Crippen MR) is 86.3 cm³/mol. The predicted octanol–water partition coefficient (Wildman–Crippen LogP) is 3.09. The summed E-state index contributed by atoms with van der Waals surface area (Å²) in [4.78, 5) is 37.5. The van der Waals surface area contributed by atoms with Crippen LogP contribution in [0.5, 0.6) is 0 Å². The maximum Gasteiger partial charge on any atom is 0.340 e. The lowest BCUT2D eigenvalue weighted by Crippen LogP contribution is -2.21. The summed E-state index contributed by atoms with van der Waals surface area (Å²) in [5, 5.41) is 13.6. The van der Waals surface area contributed by atoms with Gasteiger partial charge in [0, 0.05) is 17.3 Å². The lowest BCUT2D eigenvalue weighted by atomic mass is 10.2. The molecule has 1 aromatic heterocycles. The van der Waals surface area contributed by atoms with Crippen LogP contribution in [0, 0.1) is 10.1 Å². The van der Waals surface area contributed by atoms with Crippen molar-refractivity contribution in [1.82, 2.24) is 4.98 Å². The molecule has 24 heavy (non-hydrogen) atoms. The van der Waals surface area contributed by atoms with Gasteiger partial charge in [-0.05, 0) is 24.3 Å². The fraction of sp³-hybridized carbons (Fsp3) is 0.0714. The fourth-order valence-electron chi connectivity index (χ4n) is 1.66. The van der Waals surface area contributed by atoms with Crippen molar-refractivity contribution in [1.29, 1.82) is 0 Å². The number of pyridine rings is 1. The Bertz CT molecular complexity index is 795. The first kappa shape index (κ1) is 17.6. The standard InChI is InChI=1S/C14H9Cl2N3O5/c15-9-2-3-10(11(5-9)19(22)23)18-13(20)7-24-14(21)8-1-4-12(16)17-6-8/h1-6H,7H2,(H,18,20). The highest BCUT2D eigenvalue weighted by atomic mass is 35.5. The van der Waals surface area contributed by atoms with Crippen LogP contribution in [0.15, 0.2) is 36.5 Å². The number of carbonyl (C=O) groups excluding carboxylic acids is 2.